The first kappa shape index (κ1) is 20.0. The van der Waals surface area contributed by atoms with Crippen molar-refractivity contribution in [2.24, 2.45) is 10.9 Å². The Labute approximate surface area is 146 Å². The molecule has 0 radical (unpaired) electrons. The van der Waals surface area contributed by atoms with Gasteiger partial charge < -0.3 is 16.0 Å². The van der Waals surface area contributed by atoms with E-state index >= 15 is 0 Å². The molecule has 0 saturated heterocycles. The van der Waals surface area contributed by atoms with Crippen molar-refractivity contribution in [1.29, 1.82) is 0 Å². The highest BCUT2D eigenvalue weighted by Gasteiger charge is 2.06. The minimum Gasteiger partial charge on any atom is -0.356 e. The predicted molar refractivity (Wildman–Crippen MR) is 101 cm³/mol. The summed E-state index contributed by atoms with van der Waals surface area (Å²) >= 11 is 0. The summed E-state index contributed by atoms with van der Waals surface area (Å²) < 4.78 is 0. The van der Waals surface area contributed by atoms with E-state index in [-0.39, 0.29) is 5.91 Å². The maximum absolute atomic E-state index is 11.9. The molecule has 1 amide bonds. The van der Waals surface area contributed by atoms with E-state index in [4.69, 9.17) is 0 Å². The van der Waals surface area contributed by atoms with E-state index in [1.165, 1.54) is 6.42 Å². The Bertz CT molecular complexity index is 499. The van der Waals surface area contributed by atoms with Crippen LogP contribution in [0.1, 0.15) is 50.4 Å². The maximum atomic E-state index is 11.9. The van der Waals surface area contributed by atoms with Crippen molar-refractivity contribution in [3.63, 3.8) is 0 Å². The minimum absolute atomic E-state index is 0.0274. The lowest BCUT2D eigenvalue weighted by molar-refractivity contribution is 0.0953. The van der Waals surface area contributed by atoms with Crippen molar-refractivity contribution >= 4 is 11.9 Å². The van der Waals surface area contributed by atoms with E-state index in [9.17, 15) is 4.79 Å². The third kappa shape index (κ3) is 8.56. The molecule has 0 bridgehead atoms. The van der Waals surface area contributed by atoms with Crippen LogP contribution < -0.4 is 16.0 Å². The highest BCUT2D eigenvalue weighted by Crippen LogP contribution is 2.06. The Morgan fingerprint density at radius 3 is 2.33 bits per heavy atom. The quantitative estimate of drug-likeness (QED) is 0.370. The van der Waals surface area contributed by atoms with Gasteiger partial charge in [0.05, 0.1) is 0 Å². The predicted octanol–water partition coefficient (Wildman–Crippen LogP) is 2.80. The topological polar surface area (TPSA) is 65.5 Å². The van der Waals surface area contributed by atoms with E-state index in [0.29, 0.717) is 18.2 Å². The molecule has 1 rings (SSSR count). The summed E-state index contributed by atoms with van der Waals surface area (Å²) in [5.41, 5.74) is 0.696. The zero-order chi connectivity index (χ0) is 17.8. The average molecular weight is 332 g/mol. The summed E-state index contributed by atoms with van der Waals surface area (Å²) in [6.07, 6.45) is 3.18. The van der Waals surface area contributed by atoms with Gasteiger partial charge in [0.15, 0.2) is 5.96 Å². The number of carbonyl (C=O) groups excluding carboxylic acids is 1. The normalized spacial score (nSPS) is 12.8. The Hall–Kier alpha value is -2.04. The van der Waals surface area contributed by atoms with Gasteiger partial charge in [-0.3, -0.25) is 9.79 Å². The lowest BCUT2D eigenvalue weighted by atomic mass is 10.0. The number of amides is 1. The van der Waals surface area contributed by atoms with Gasteiger partial charge in [0.1, 0.15) is 0 Å². The molecule has 1 unspecified atom stereocenters. The average Bonchev–Trinajstić information content (AvgIpc) is 2.59. The van der Waals surface area contributed by atoms with Crippen LogP contribution in [-0.2, 0) is 0 Å². The van der Waals surface area contributed by atoms with Crippen LogP contribution in [0.5, 0.6) is 0 Å². The number of guanidine groups is 1. The van der Waals surface area contributed by atoms with E-state index < -0.39 is 0 Å². The molecule has 5 heteroatoms. The lowest BCUT2D eigenvalue weighted by Gasteiger charge is -2.18. The fourth-order valence-corrected chi connectivity index (χ4v) is 2.27. The lowest BCUT2D eigenvalue weighted by Crippen LogP contribution is -2.43. The first-order chi connectivity index (χ1) is 11.5. The largest absolute Gasteiger partial charge is 0.356 e. The molecular weight excluding hydrogens is 300 g/mol. The minimum atomic E-state index is -0.0274. The number of nitrogens with zero attached hydrogens (tertiary/aromatic N) is 1. The zero-order valence-corrected chi connectivity index (χ0v) is 15.4. The number of hydrogen-bond acceptors (Lipinski definition) is 2. The van der Waals surface area contributed by atoms with Crippen LogP contribution in [0.25, 0.3) is 0 Å². The standard InChI is InChI=1S/C19H32N4O/c1-15(2)11-12-16(3)23-19(20-4)22-14-8-13-21-18(24)17-9-6-5-7-10-17/h5-7,9-10,15-16H,8,11-14H2,1-4H3,(H,21,24)(H2,20,22,23). The molecule has 0 aliphatic carbocycles. The van der Waals surface area contributed by atoms with Gasteiger partial charge in [-0.2, -0.15) is 0 Å². The van der Waals surface area contributed by atoms with Crippen LogP contribution in [0.15, 0.2) is 35.3 Å². The second kappa shape index (κ2) is 11.5. The van der Waals surface area contributed by atoms with E-state index in [1.807, 2.05) is 30.3 Å². The van der Waals surface area contributed by atoms with Crippen LogP contribution in [-0.4, -0.2) is 38.0 Å². The van der Waals surface area contributed by atoms with Crippen LogP contribution in [0.4, 0.5) is 0 Å². The van der Waals surface area contributed by atoms with Gasteiger partial charge in [-0.15, -0.1) is 0 Å². The van der Waals surface area contributed by atoms with Crippen molar-refractivity contribution < 1.29 is 4.79 Å². The molecule has 24 heavy (non-hydrogen) atoms. The molecule has 1 aromatic rings. The fraction of sp³-hybridized carbons (Fsp3) is 0.579. The Balaban J connectivity index is 2.17. The fourth-order valence-electron chi connectivity index (χ4n) is 2.27. The van der Waals surface area contributed by atoms with Crippen molar-refractivity contribution in [2.45, 2.75) is 46.1 Å². The summed E-state index contributed by atoms with van der Waals surface area (Å²) in [5, 5.41) is 9.61. The highest BCUT2D eigenvalue weighted by molar-refractivity contribution is 5.94. The van der Waals surface area contributed by atoms with Crippen LogP contribution in [0, 0.1) is 5.92 Å². The Morgan fingerprint density at radius 1 is 1.04 bits per heavy atom. The number of rotatable bonds is 9. The van der Waals surface area contributed by atoms with Gasteiger partial charge in [0.25, 0.3) is 5.91 Å². The molecular formula is C19H32N4O. The molecule has 0 aliphatic rings. The molecule has 3 N–H and O–H groups in total. The van der Waals surface area contributed by atoms with Gasteiger partial charge in [0, 0.05) is 31.7 Å². The van der Waals surface area contributed by atoms with Crippen molar-refractivity contribution in [2.75, 3.05) is 20.1 Å². The van der Waals surface area contributed by atoms with Gasteiger partial charge in [-0.1, -0.05) is 32.0 Å². The maximum Gasteiger partial charge on any atom is 0.251 e. The van der Waals surface area contributed by atoms with Gasteiger partial charge in [-0.25, -0.2) is 0 Å². The smallest absolute Gasteiger partial charge is 0.251 e. The van der Waals surface area contributed by atoms with E-state index in [0.717, 1.165) is 31.3 Å². The molecule has 5 nitrogen and oxygen atoms in total. The molecule has 0 saturated carbocycles. The van der Waals surface area contributed by atoms with Crippen LogP contribution in [0.3, 0.4) is 0 Å². The number of hydrogen-bond donors (Lipinski definition) is 3. The second-order valence-corrected chi connectivity index (χ2v) is 6.49. The second-order valence-electron chi connectivity index (χ2n) is 6.49. The van der Waals surface area contributed by atoms with Crippen molar-refractivity contribution in [3.8, 4) is 0 Å². The molecule has 1 atom stereocenters. The highest BCUT2D eigenvalue weighted by atomic mass is 16.1. The van der Waals surface area contributed by atoms with E-state index in [2.05, 4.69) is 41.7 Å². The van der Waals surface area contributed by atoms with Gasteiger partial charge >= 0.3 is 0 Å². The molecule has 0 aromatic heterocycles. The third-order valence-corrected chi connectivity index (χ3v) is 3.75. The molecule has 1 aromatic carbocycles. The van der Waals surface area contributed by atoms with Crippen molar-refractivity contribution in [1.82, 2.24) is 16.0 Å². The SMILES string of the molecule is CN=C(NCCCNC(=O)c1ccccc1)NC(C)CCC(C)C. The summed E-state index contributed by atoms with van der Waals surface area (Å²) in [5.74, 6) is 1.51. The first-order valence-electron chi connectivity index (χ1n) is 8.83. The molecule has 0 fully saturated rings. The third-order valence-electron chi connectivity index (χ3n) is 3.75. The van der Waals surface area contributed by atoms with Crippen molar-refractivity contribution in [3.05, 3.63) is 35.9 Å². The number of carbonyl (C=O) groups is 1. The Morgan fingerprint density at radius 2 is 1.71 bits per heavy atom. The summed E-state index contributed by atoms with van der Waals surface area (Å²) in [7, 11) is 1.78. The first-order valence-corrected chi connectivity index (χ1v) is 8.83. The van der Waals surface area contributed by atoms with Crippen LogP contribution in [0.2, 0.25) is 0 Å². The van der Waals surface area contributed by atoms with Gasteiger partial charge in [-0.05, 0) is 44.2 Å². The molecule has 0 spiro atoms. The summed E-state index contributed by atoms with van der Waals surface area (Å²) in [6.45, 7) is 8.06. The molecule has 0 aliphatic heterocycles. The monoisotopic (exact) mass is 332 g/mol. The van der Waals surface area contributed by atoms with Gasteiger partial charge in [0.2, 0.25) is 0 Å². The van der Waals surface area contributed by atoms with E-state index in [1.54, 1.807) is 7.05 Å². The molecule has 134 valence electrons. The molecule has 0 heterocycles. The number of nitrogens with one attached hydrogen (secondary N) is 3. The summed E-state index contributed by atoms with van der Waals surface area (Å²) in [6, 6.07) is 9.67. The Kier molecular flexibility index (Phi) is 9.58. The number of benzene rings is 1. The van der Waals surface area contributed by atoms with Crippen LogP contribution >= 0.6 is 0 Å². The summed E-state index contributed by atoms with van der Waals surface area (Å²) in [4.78, 5) is 16.1. The number of aliphatic imine (C=N–C) groups is 1. The zero-order valence-electron chi connectivity index (χ0n) is 15.4.